The number of hydrogen-bond acceptors (Lipinski definition) is 4. The molecule has 3 aromatic rings. The molecule has 0 saturated carbocycles. The molecule has 0 saturated heterocycles. The minimum absolute atomic E-state index is 0.267. The van der Waals surface area contributed by atoms with Gasteiger partial charge in [0, 0.05) is 24.3 Å². The molecule has 0 spiro atoms. The highest BCUT2D eigenvalue weighted by Gasteiger charge is 2.10. The lowest BCUT2D eigenvalue weighted by atomic mass is 10.2. The molecular formula is C13H11ClFN5. The Morgan fingerprint density at radius 1 is 1.25 bits per heavy atom. The normalized spacial score (nSPS) is 10.9. The Morgan fingerprint density at radius 3 is 2.95 bits per heavy atom. The highest BCUT2D eigenvalue weighted by Crippen LogP contribution is 2.27. The molecule has 20 heavy (non-hydrogen) atoms. The van der Waals surface area contributed by atoms with Crippen LogP contribution >= 0.6 is 11.6 Å². The standard InChI is InChI=1S/C13H11ClFN5/c14-10-3-4-17-13-9(10)1-2-11(12(13)15)16-5-7-20-8-6-18-19-20/h1-4,6,8,16H,5,7H2. The topological polar surface area (TPSA) is 55.6 Å². The molecule has 5 nitrogen and oxygen atoms in total. The zero-order valence-electron chi connectivity index (χ0n) is 10.4. The number of benzene rings is 1. The van der Waals surface area contributed by atoms with Crippen molar-refractivity contribution in [2.45, 2.75) is 6.54 Å². The summed E-state index contributed by atoms with van der Waals surface area (Å²) in [5, 5.41) is 11.6. The zero-order chi connectivity index (χ0) is 13.9. The summed E-state index contributed by atoms with van der Waals surface area (Å²) >= 11 is 6.01. The molecule has 7 heteroatoms. The molecule has 2 heterocycles. The van der Waals surface area contributed by atoms with Crippen molar-refractivity contribution in [3.05, 3.63) is 47.6 Å². The van der Waals surface area contributed by atoms with Gasteiger partial charge in [-0.05, 0) is 18.2 Å². The van der Waals surface area contributed by atoms with E-state index in [1.54, 1.807) is 35.3 Å². The number of aromatic nitrogens is 4. The second-order valence-electron chi connectivity index (χ2n) is 4.21. The number of rotatable bonds is 4. The maximum absolute atomic E-state index is 14.3. The molecule has 102 valence electrons. The summed E-state index contributed by atoms with van der Waals surface area (Å²) in [5.41, 5.74) is 0.663. The van der Waals surface area contributed by atoms with E-state index in [0.29, 0.717) is 29.2 Å². The van der Waals surface area contributed by atoms with E-state index in [2.05, 4.69) is 20.6 Å². The summed E-state index contributed by atoms with van der Waals surface area (Å²) in [6.07, 6.45) is 4.84. The van der Waals surface area contributed by atoms with Crippen LogP contribution in [0.25, 0.3) is 10.9 Å². The van der Waals surface area contributed by atoms with E-state index in [1.165, 1.54) is 6.20 Å². The van der Waals surface area contributed by atoms with Crippen molar-refractivity contribution in [2.24, 2.45) is 0 Å². The van der Waals surface area contributed by atoms with Crippen LogP contribution < -0.4 is 5.32 Å². The van der Waals surface area contributed by atoms with Crippen LogP contribution in [-0.2, 0) is 6.54 Å². The number of halogens is 2. The van der Waals surface area contributed by atoms with Gasteiger partial charge in [-0.15, -0.1) is 5.10 Å². The summed E-state index contributed by atoms with van der Waals surface area (Å²) in [5.74, 6) is -0.399. The second kappa shape index (κ2) is 5.42. The van der Waals surface area contributed by atoms with Crippen LogP contribution in [0.4, 0.5) is 10.1 Å². The fourth-order valence-corrected chi connectivity index (χ4v) is 2.15. The molecular weight excluding hydrogens is 281 g/mol. The molecule has 2 aromatic heterocycles. The quantitative estimate of drug-likeness (QED) is 0.803. The smallest absolute Gasteiger partial charge is 0.172 e. The van der Waals surface area contributed by atoms with Crippen molar-refractivity contribution < 1.29 is 4.39 Å². The predicted molar refractivity (Wildman–Crippen MR) is 75.2 cm³/mol. The number of fused-ring (bicyclic) bond motifs is 1. The van der Waals surface area contributed by atoms with E-state index in [1.807, 2.05) is 0 Å². The van der Waals surface area contributed by atoms with Gasteiger partial charge >= 0.3 is 0 Å². The third-order valence-corrected chi connectivity index (χ3v) is 3.26. The van der Waals surface area contributed by atoms with Crippen LogP contribution in [0.5, 0.6) is 0 Å². The van der Waals surface area contributed by atoms with Gasteiger partial charge in [-0.2, -0.15) is 0 Å². The third-order valence-electron chi connectivity index (χ3n) is 2.93. The van der Waals surface area contributed by atoms with Gasteiger partial charge in [0.1, 0.15) is 5.52 Å². The molecule has 0 aliphatic carbocycles. The largest absolute Gasteiger partial charge is 0.381 e. The van der Waals surface area contributed by atoms with Crippen molar-refractivity contribution in [3.63, 3.8) is 0 Å². The predicted octanol–water partition coefficient (Wildman–Crippen LogP) is 2.73. The van der Waals surface area contributed by atoms with Crippen molar-refractivity contribution in [1.29, 1.82) is 0 Å². The van der Waals surface area contributed by atoms with Crippen LogP contribution in [0.1, 0.15) is 0 Å². The molecule has 0 atom stereocenters. The monoisotopic (exact) mass is 291 g/mol. The van der Waals surface area contributed by atoms with E-state index in [0.717, 1.165) is 0 Å². The summed E-state index contributed by atoms with van der Waals surface area (Å²) in [4.78, 5) is 4.03. The number of pyridine rings is 1. The van der Waals surface area contributed by atoms with Gasteiger partial charge in [0.25, 0.3) is 0 Å². The van der Waals surface area contributed by atoms with E-state index in [9.17, 15) is 4.39 Å². The average Bonchev–Trinajstić information content (AvgIpc) is 2.95. The molecule has 0 unspecified atom stereocenters. The molecule has 0 bridgehead atoms. The fourth-order valence-electron chi connectivity index (χ4n) is 1.94. The van der Waals surface area contributed by atoms with Gasteiger partial charge in [0.15, 0.2) is 5.82 Å². The number of anilines is 1. The Labute approximate surface area is 119 Å². The molecule has 3 rings (SSSR count). The highest BCUT2D eigenvalue weighted by atomic mass is 35.5. The Balaban J connectivity index is 1.80. The first-order valence-corrected chi connectivity index (χ1v) is 6.44. The molecule has 0 radical (unpaired) electrons. The zero-order valence-corrected chi connectivity index (χ0v) is 11.2. The van der Waals surface area contributed by atoms with E-state index < -0.39 is 5.82 Å². The minimum Gasteiger partial charge on any atom is -0.381 e. The van der Waals surface area contributed by atoms with Gasteiger partial charge in [-0.3, -0.25) is 9.67 Å². The lowest BCUT2D eigenvalue weighted by molar-refractivity contribution is 0.603. The Hall–Kier alpha value is -2.21. The van der Waals surface area contributed by atoms with Crippen molar-refractivity contribution in [2.75, 3.05) is 11.9 Å². The third kappa shape index (κ3) is 2.42. The summed E-state index contributed by atoms with van der Waals surface area (Å²) in [6, 6.07) is 5.05. The van der Waals surface area contributed by atoms with Gasteiger partial charge in [-0.25, -0.2) is 4.39 Å². The lowest BCUT2D eigenvalue weighted by Gasteiger charge is -2.09. The van der Waals surface area contributed by atoms with Crippen LogP contribution in [-0.4, -0.2) is 26.5 Å². The van der Waals surface area contributed by atoms with Crippen LogP contribution in [0.2, 0.25) is 5.02 Å². The molecule has 1 N–H and O–H groups in total. The SMILES string of the molecule is Fc1c(NCCn2ccnn2)ccc2c(Cl)ccnc12. The first-order chi connectivity index (χ1) is 9.75. The van der Waals surface area contributed by atoms with Crippen LogP contribution in [0.15, 0.2) is 36.8 Å². The van der Waals surface area contributed by atoms with Gasteiger partial charge < -0.3 is 5.32 Å². The van der Waals surface area contributed by atoms with Crippen LogP contribution in [0.3, 0.4) is 0 Å². The molecule has 0 aliphatic rings. The van der Waals surface area contributed by atoms with Crippen molar-refractivity contribution >= 4 is 28.2 Å². The minimum atomic E-state index is -0.399. The highest BCUT2D eigenvalue weighted by molar-refractivity contribution is 6.35. The summed E-state index contributed by atoms with van der Waals surface area (Å²) in [6.45, 7) is 1.13. The van der Waals surface area contributed by atoms with E-state index in [4.69, 9.17) is 11.6 Å². The summed E-state index contributed by atoms with van der Waals surface area (Å²) < 4.78 is 16.0. The van der Waals surface area contributed by atoms with Crippen molar-refractivity contribution in [1.82, 2.24) is 20.0 Å². The van der Waals surface area contributed by atoms with E-state index >= 15 is 0 Å². The summed E-state index contributed by atoms with van der Waals surface area (Å²) in [7, 11) is 0. The number of hydrogen-bond donors (Lipinski definition) is 1. The first-order valence-electron chi connectivity index (χ1n) is 6.06. The van der Waals surface area contributed by atoms with Gasteiger partial charge in [0.05, 0.1) is 23.5 Å². The Kier molecular flexibility index (Phi) is 3.47. The Morgan fingerprint density at radius 2 is 2.15 bits per heavy atom. The molecule has 0 amide bonds. The fraction of sp³-hybridized carbons (Fsp3) is 0.154. The molecule has 1 aromatic carbocycles. The first kappa shape index (κ1) is 12.8. The maximum atomic E-state index is 14.3. The number of nitrogens with zero attached hydrogens (tertiary/aromatic N) is 4. The molecule has 0 fully saturated rings. The van der Waals surface area contributed by atoms with Crippen molar-refractivity contribution in [3.8, 4) is 0 Å². The maximum Gasteiger partial charge on any atom is 0.172 e. The number of nitrogens with one attached hydrogen (secondary N) is 1. The molecule has 0 aliphatic heterocycles. The average molecular weight is 292 g/mol. The second-order valence-corrected chi connectivity index (χ2v) is 4.62. The Bertz CT molecular complexity index is 729. The van der Waals surface area contributed by atoms with Gasteiger partial charge in [0.2, 0.25) is 0 Å². The van der Waals surface area contributed by atoms with Crippen LogP contribution in [0, 0.1) is 5.82 Å². The van der Waals surface area contributed by atoms with Gasteiger partial charge in [-0.1, -0.05) is 16.8 Å². The van der Waals surface area contributed by atoms with E-state index in [-0.39, 0.29) is 5.52 Å². The lowest BCUT2D eigenvalue weighted by Crippen LogP contribution is -2.12.